The van der Waals surface area contributed by atoms with Crippen molar-refractivity contribution < 1.29 is 0 Å². The summed E-state index contributed by atoms with van der Waals surface area (Å²) in [5.41, 5.74) is 2.65. The predicted octanol–water partition coefficient (Wildman–Crippen LogP) is 4.45. The molecule has 3 heteroatoms. The molecule has 0 radical (unpaired) electrons. The first kappa shape index (κ1) is 13.4. The fraction of sp³-hybridized carbons (Fsp3) is 0.444. The maximum Gasteiger partial charge on any atom is 0.0430 e. The van der Waals surface area contributed by atoms with Crippen LogP contribution < -0.4 is 5.32 Å². The Morgan fingerprint density at radius 1 is 1.00 bits per heavy atom. The fourth-order valence-corrected chi connectivity index (χ4v) is 4.64. The van der Waals surface area contributed by atoms with Gasteiger partial charge in [-0.05, 0) is 43.3 Å². The lowest BCUT2D eigenvalue weighted by atomic mass is 9.98. The van der Waals surface area contributed by atoms with Crippen LogP contribution in [-0.4, -0.2) is 30.1 Å². The van der Waals surface area contributed by atoms with Gasteiger partial charge in [0.05, 0.1) is 0 Å². The zero-order chi connectivity index (χ0) is 14.1. The lowest BCUT2D eigenvalue weighted by Crippen LogP contribution is -2.41. The van der Waals surface area contributed by atoms with Crippen LogP contribution in [-0.2, 0) is 0 Å². The average molecular weight is 298 g/mol. The van der Waals surface area contributed by atoms with Crippen molar-refractivity contribution in [3.63, 3.8) is 0 Å². The van der Waals surface area contributed by atoms with Crippen molar-refractivity contribution >= 4 is 17.0 Å². The molecule has 0 bridgehead atoms. The summed E-state index contributed by atoms with van der Waals surface area (Å²) in [5.74, 6) is 0. The zero-order valence-corrected chi connectivity index (χ0v) is 13.1. The molecule has 3 heterocycles. The molecule has 2 fully saturated rings. The summed E-state index contributed by atoms with van der Waals surface area (Å²) in [4.78, 5) is 4.05. The molecule has 2 unspecified atom stereocenters. The van der Waals surface area contributed by atoms with Crippen molar-refractivity contribution in [1.29, 1.82) is 0 Å². The third kappa shape index (κ3) is 2.60. The molecule has 2 saturated heterocycles. The van der Waals surface area contributed by atoms with Gasteiger partial charge in [0.1, 0.15) is 0 Å². The van der Waals surface area contributed by atoms with E-state index in [1.807, 2.05) is 11.3 Å². The minimum absolute atomic E-state index is 0.617. The van der Waals surface area contributed by atoms with Crippen LogP contribution in [0, 0.1) is 0 Å². The molecule has 2 nitrogen and oxygen atoms in total. The number of nitrogens with one attached hydrogen (secondary N) is 1. The minimum atomic E-state index is 0.617. The van der Waals surface area contributed by atoms with Crippen molar-refractivity contribution in [2.45, 2.75) is 37.8 Å². The summed E-state index contributed by atoms with van der Waals surface area (Å²) in [6, 6.07) is 14.5. The molecule has 1 aromatic heterocycles. The first-order valence-electron chi connectivity index (χ1n) is 8.05. The molecule has 0 amide bonds. The Morgan fingerprint density at radius 2 is 1.95 bits per heavy atom. The number of thiophene rings is 1. The third-order valence-electron chi connectivity index (χ3n) is 4.91. The molecule has 2 aliphatic heterocycles. The summed E-state index contributed by atoms with van der Waals surface area (Å²) in [5, 5.41) is 6.02. The van der Waals surface area contributed by atoms with Crippen LogP contribution in [0.3, 0.4) is 0 Å². The fourth-order valence-electron chi connectivity index (χ4n) is 3.87. The van der Waals surface area contributed by atoms with E-state index >= 15 is 0 Å². The van der Waals surface area contributed by atoms with E-state index in [1.165, 1.54) is 54.9 Å². The monoisotopic (exact) mass is 298 g/mol. The van der Waals surface area contributed by atoms with E-state index < -0.39 is 0 Å². The first-order valence-corrected chi connectivity index (χ1v) is 8.93. The molecule has 0 aliphatic carbocycles. The van der Waals surface area contributed by atoms with E-state index in [4.69, 9.17) is 0 Å². The van der Waals surface area contributed by atoms with E-state index in [9.17, 15) is 0 Å². The Morgan fingerprint density at radius 3 is 2.86 bits per heavy atom. The molecule has 0 spiro atoms. The Balaban J connectivity index is 1.58. The van der Waals surface area contributed by atoms with Crippen LogP contribution in [0.4, 0.5) is 5.69 Å². The second-order valence-corrected chi connectivity index (χ2v) is 7.11. The van der Waals surface area contributed by atoms with Crippen molar-refractivity contribution in [3.8, 4) is 10.4 Å². The van der Waals surface area contributed by atoms with Gasteiger partial charge in [-0.1, -0.05) is 30.7 Å². The largest absolute Gasteiger partial charge is 0.380 e. The van der Waals surface area contributed by atoms with Gasteiger partial charge < -0.3 is 5.32 Å². The molecule has 2 atom stereocenters. The van der Waals surface area contributed by atoms with Gasteiger partial charge in [-0.3, -0.25) is 4.90 Å². The van der Waals surface area contributed by atoms with Gasteiger partial charge in [-0.15, -0.1) is 11.3 Å². The number of rotatable bonds is 3. The minimum Gasteiger partial charge on any atom is -0.380 e. The highest BCUT2D eigenvalue weighted by atomic mass is 32.1. The number of hydrogen-bond acceptors (Lipinski definition) is 3. The van der Waals surface area contributed by atoms with Crippen molar-refractivity contribution in [3.05, 3.63) is 41.8 Å². The molecule has 0 saturated carbocycles. The van der Waals surface area contributed by atoms with Crippen LogP contribution in [0.2, 0.25) is 0 Å². The quantitative estimate of drug-likeness (QED) is 0.900. The Labute approximate surface area is 130 Å². The van der Waals surface area contributed by atoms with Crippen LogP contribution in [0.25, 0.3) is 10.4 Å². The summed E-state index contributed by atoms with van der Waals surface area (Å²) in [6.07, 6.45) is 5.42. The Hall–Kier alpha value is -1.32. The average Bonchev–Trinajstić information content (AvgIpc) is 3.18. The molecule has 1 aromatic carbocycles. The topological polar surface area (TPSA) is 15.3 Å². The molecular formula is C18H22N2S. The van der Waals surface area contributed by atoms with E-state index in [0.717, 1.165) is 6.04 Å². The van der Waals surface area contributed by atoms with E-state index in [2.05, 4.69) is 52.0 Å². The molecule has 21 heavy (non-hydrogen) atoms. The highest BCUT2D eigenvalue weighted by molar-refractivity contribution is 7.13. The maximum atomic E-state index is 3.86. The zero-order valence-electron chi connectivity index (χ0n) is 12.3. The smallest absolute Gasteiger partial charge is 0.0430 e. The standard InChI is InChI=1S/C18H22N2S/c1-2-7-15(14(6-1)18-9-5-13-21-18)19-16-10-12-20-11-4-3-8-17(16)20/h1-2,5-7,9,13,16-17,19H,3-4,8,10-12H2. The van der Waals surface area contributed by atoms with Crippen molar-refractivity contribution in [1.82, 2.24) is 4.90 Å². The van der Waals surface area contributed by atoms with Gasteiger partial charge in [0.25, 0.3) is 0 Å². The van der Waals surface area contributed by atoms with Gasteiger partial charge in [0, 0.05) is 34.8 Å². The summed E-state index contributed by atoms with van der Waals surface area (Å²) >= 11 is 1.82. The number of hydrogen-bond donors (Lipinski definition) is 1. The van der Waals surface area contributed by atoms with E-state index in [1.54, 1.807) is 0 Å². The maximum absolute atomic E-state index is 3.86. The van der Waals surface area contributed by atoms with Gasteiger partial charge in [0.15, 0.2) is 0 Å². The van der Waals surface area contributed by atoms with Gasteiger partial charge in [-0.2, -0.15) is 0 Å². The Kier molecular flexibility index (Phi) is 3.70. The molecule has 1 N–H and O–H groups in total. The van der Waals surface area contributed by atoms with Gasteiger partial charge in [-0.25, -0.2) is 0 Å². The van der Waals surface area contributed by atoms with Gasteiger partial charge in [0.2, 0.25) is 0 Å². The second kappa shape index (κ2) is 5.82. The summed E-state index contributed by atoms with van der Waals surface area (Å²) in [7, 11) is 0. The molecule has 4 rings (SSSR count). The molecule has 110 valence electrons. The lowest BCUT2D eigenvalue weighted by Gasteiger charge is -2.33. The third-order valence-corrected chi connectivity index (χ3v) is 5.81. The van der Waals surface area contributed by atoms with Crippen LogP contribution in [0.5, 0.6) is 0 Å². The van der Waals surface area contributed by atoms with Crippen LogP contribution in [0.15, 0.2) is 41.8 Å². The van der Waals surface area contributed by atoms with Crippen LogP contribution >= 0.6 is 11.3 Å². The SMILES string of the molecule is c1csc(-c2ccccc2NC2CCN3CCCCC23)c1. The second-order valence-electron chi connectivity index (χ2n) is 6.16. The van der Waals surface area contributed by atoms with E-state index in [0.29, 0.717) is 6.04 Å². The number of fused-ring (bicyclic) bond motifs is 1. The number of anilines is 1. The van der Waals surface area contributed by atoms with Crippen molar-refractivity contribution in [2.24, 2.45) is 0 Å². The summed E-state index contributed by atoms with van der Waals surface area (Å²) in [6.45, 7) is 2.57. The predicted molar refractivity (Wildman–Crippen MR) is 91.0 cm³/mol. The molecular weight excluding hydrogens is 276 g/mol. The number of para-hydroxylation sites is 1. The highest BCUT2D eigenvalue weighted by Gasteiger charge is 2.35. The highest BCUT2D eigenvalue weighted by Crippen LogP contribution is 2.35. The molecule has 2 aromatic rings. The van der Waals surface area contributed by atoms with Crippen LogP contribution in [0.1, 0.15) is 25.7 Å². The van der Waals surface area contributed by atoms with E-state index in [-0.39, 0.29) is 0 Å². The molecule has 2 aliphatic rings. The Bertz CT molecular complexity index is 593. The number of nitrogens with zero attached hydrogens (tertiary/aromatic N) is 1. The normalized spacial score (nSPS) is 25.7. The number of piperidine rings is 1. The lowest BCUT2D eigenvalue weighted by molar-refractivity contribution is 0.193. The van der Waals surface area contributed by atoms with Gasteiger partial charge >= 0.3 is 0 Å². The first-order chi connectivity index (χ1) is 10.4. The number of benzene rings is 1. The van der Waals surface area contributed by atoms with Crippen molar-refractivity contribution in [2.75, 3.05) is 18.4 Å². The summed E-state index contributed by atoms with van der Waals surface area (Å²) < 4.78 is 0.